The number of hydrogen-bond donors (Lipinski definition) is 4. The molecule has 2 rings (SSSR count). The lowest BCUT2D eigenvalue weighted by molar-refractivity contribution is -0.142. The number of amides is 1. The van der Waals surface area contributed by atoms with Crippen molar-refractivity contribution in [3.8, 4) is 0 Å². The molecule has 8 heteroatoms. The van der Waals surface area contributed by atoms with Gasteiger partial charge in [-0.05, 0) is 38.8 Å². The van der Waals surface area contributed by atoms with Crippen molar-refractivity contribution in [2.75, 3.05) is 0 Å². The van der Waals surface area contributed by atoms with E-state index in [1.165, 1.54) is 6.92 Å². The van der Waals surface area contributed by atoms with Crippen LogP contribution < -0.4 is 11.1 Å². The third kappa shape index (κ3) is 10.6. The minimum atomic E-state index is -1.18. The Morgan fingerprint density at radius 3 is 1.78 bits per heavy atom. The van der Waals surface area contributed by atoms with Gasteiger partial charge in [-0.15, -0.1) is 0 Å². The van der Waals surface area contributed by atoms with Crippen LogP contribution in [-0.2, 0) is 27.2 Å². The first kappa shape index (κ1) is 26.6. The van der Waals surface area contributed by atoms with Crippen LogP contribution in [0.1, 0.15) is 38.8 Å². The van der Waals surface area contributed by atoms with Crippen molar-refractivity contribution in [2.24, 2.45) is 5.73 Å². The second-order valence-electron chi connectivity index (χ2n) is 8.61. The highest BCUT2D eigenvalue weighted by Gasteiger charge is 2.27. The van der Waals surface area contributed by atoms with Gasteiger partial charge in [0.15, 0.2) is 0 Å². The van der Waals surface area contributed by atoms with Gasteiger partial charge in [0, 0.05) is 12.8 Å². The van der Waals surface area contributed by atoms with Gasteiger partial charge >= 0.3 is 18.0 Å². The lowest BCUT2D eigenvalue weighted by atomic mass is 9.94. The SMILES string of the molecule is CC(C)(C)OC(=O)N[C@H](Cc1ccccc1)C(=O)O.C[C@](N)(Cc1ccccc1)C(=O)O. The summed E-state index contributed by atoms with van der Waals surface area (Å²) in [5.74, 6) is -2.06. The highest BCUT2D eigenvalue weighted by Crippen LogP contribution is 2.10. The topological polar surface area (TPSA) is 139 Å². The van der Waals surface area contributed by atoms with Crippen LogP contribution in [-0.4, -0.2) is 45.4 Å². The molecule has 8 nitrogen and oxygen atoms in total. The highest BCUT2D eigenvalue weighted by atomic mass is 16.6. The van der Waals surface area contributed by atoms with E-state index in [9.17, 15) is 14.4 Å². The van der Waals surface area contributed by atoms with Crippen LogP contribution in [0.25, 0.3) is 0 Å². The second kappa shape index (κ2) is 11.9. The fourth-order valence-electron chi connectivity index (χ4n) is 2.60. The number of carboxylic acids is 2. The first-order chi connectivity index (χ1) is 14.8. The summed E-state index contributed by atoms with van der Waals surface area (Å²) in [5, 5.41) is 20.2. The summed E-state index contributed by atoms with van der Waals surface area (Å²) >= 11 is 0. The first-order valence-electron chi connectivity index (χ1n) is 10.1. The van der Waals surface area contributed by atoms with Crippen LogP contribution in [0.15, 0.2) is 60.7 Å². The van der Waals surface area contributed by atoms with E-state index in [1.807, 2.05) is 60.7 Å². The van der Waals surface area contributed by atoms with E-state index in [0.29, 0.717) is 6.42 Å². The van der Waals surface area contributed by atoms with E-state index in [-0.39, 0.29) is 6.42 Å². The van der Waals surface area contributed by atoms with Crippen LogP contribution >= 0.6 is 0 Å². The Balaban J connectivity index is 0.000000343. The second-order valence-corrected chi connectivity index (χ2v) is 8.61. The predicted molar refractivity (Wildman–Crippen MR) is 121 cm³/mol. The molecule has 32 heavy (non-hydrogen) atoms. The largest absolute Gasteiger partial charge is 0.480 e. The monoisotopic (exact) mass is 444 g/mol. The molecule has 0 heterocycles. The molecule has 2 aromatic rings. The zero-order valence-corrected chi connectivity index (χ0v) is 18.9. The minimum absolute atomic E-state index is 0.218. The zero-order chi connectivity index (χ0) is 24.4. The van der Waals surface area contributed by atoms with E-state index < -0.39 is 35.2 Å². The molecule has 0 aliphatic heterocycles. The predicted octanol–water partition coefficient (Wildman–Crippen LogP) is 3.24. The Hall–Kier alpha value is -3.39. The van der Waals surface area contributed by atoms with Gasteiger partial charge in [-0.2, -0.15) is 0 Å². The number of carboxylic acid groups (broad SMARTS) is 2. The van der Waals surface area contributed by atoms with Gasteiger partial charge in [0.1, 0.15) is 17.2 Å². The molecule has 0 aromatic heterocycles. The molecule has 0 aliphatic carbocycles. The molecule has 0 saturated heterocycles. The first-order valence-corrected chi connectivity index (χ1v) is 10.1. The maximum absolute atomic E-state index is 11.6. The molecule has 0 radical (unpaired) electrons. The zero-order valence-electron chi connectivity index (χ0n) is 18.9. The van der Waals surface area contributed by atoms with Crippen molar-refractivity contribution in [1.29, 1.82) is 0 Å². The van der Waals surface area contributed by atoms with Gasteiger partial charge < -0.3 is 26.0 Å². The average molecular weight is 445 g/mol. The van der Waals surface area contributed by atoms with Crippen LogP contribution in [0.3, 0.4) is 0 Å². The molecule has 0 unspecified atom stereocenters. The van der Waals surface area contributed by atoms with E-state index in [4.69, 9.17) is 20.7 Å². The van der Waals surface area contributed by atoms with Crippen molar-refractivity contribution >= 4 is 18.0 Å². The summed E-state index contributed by atoms with van der Waals surface area (Å²) in [4.78, 5) is 33.4. The van der Waals surface area contributed by atoms with Gasteiger partial charge in [0.25, 0.3) is 0 Å². The molecule has 2 aromatic carbocycles. The number of hydrogen-bond acceptors (Lipinski definition) is 5. The van der Waals surface area contributed by atoms with Crippen molar-refractivity contribution in [2.45, 2.75) is 57.7 Å². The quantitative estimate of drug-likeness (QED) is 0.514. The van der Waals surface area contributed by atoms with E-state index in [1.54, 1.807) is 20.8 Å². The van der Waals surface area contributed by atoms with Gasteiger partial charge in [-0.1, -0.05) is 60.7 Å². The summed E-state index contributed by atoms with van der Waals surface area (Å²) in [7, 11) is 0. The molecule has 0 saturated carbocycles. The maximum Gasteiger partial charge on any atom is 0.408 e. The summed E-state index contributed by atoms with van der Waals surface area (Å²) in [6, 6.07) is 17.5. The molecule has 0 aliphatic rings. The Bertz CT molecular complexity index is 876. The average Bonchev–Trinajstić information content (AvgIpc) is 2.67. The number of aliphatic carboxylic acids is 2. The van der Waals surface area contributed by atoms with Gasteiger partial charge in [0.2, 0.25) is 0 Å². The standard InChI is InChI=1S/C14H19NO4.C10H13NO2/c1-14(2,3)19-13(18)15-11(12(16)17)9-10-7-5-4-6-8-10;1-10(11,9(12)13)7-8-5-3-2-4-6-8/h4-8,11H,9H2,1-3H3,(H,15,18)(H,16,17);2-6H,7,11H2,1H3,(H,12,13)/t11-;10-/m10/s1. The molecule has 0 spiro atoms. The highest BCUT2D eigenvalue weighted by molar-refractivity contribution is 5.80. The summed E-state index contributed by atoms with van der Waals surface area (Å²) in [6.07, 6.45) is -0.158. The van der Waals surface area contributed by atoms with E-state index >= 15 is 0 Å². The molecular weight excluding hydrogens is 412 g/mol. The van der Waals surface area contributed by atoms with E-state index in [2.05, 4.69) is 5.32 Å². The summed E-state index contributed by atoms with van der Waals surface area (Å²) in [5.41, 5.74) is 5.54. The van der Waals surface area contributed by atoms with Crippen LogP contribution in [0.5, 0.6) is 0 Å². The fraction of sp³-hybridized carbons (Fsp3) is 0.375. The third-order valence-corrected chi connectivity index (χ3v) is 4.17. The number of carbonyl (C=O) groups is 3. The number of nitrogens with one attached hydrogen (secondary N) is 1. The molecule has 174 valence electrons. The lowest BCUT2D eigenvalue weighted by Crippen LogP contribution is -2.46. The number of rotatable bonds is 7. The number of benzene rings is 2. The van der Waals surface area contributed by atoms with Crippen molar-refractivity contribution in [3.05, 3.63) is 71.8 Å². The van der Waals surface area contributed by atoms with Gasteiger partial charge in [-0.25, -0.2) is 9.59 Å². The van der Waals surface area contributed by atoms with Crippen molar-refractivity contribution in [3.63, 3.8) is 0 Å². The minimum Gasteiger partial charge on any atom is -0.480 e. The Morgan fingerprint density at radius 1 is 0.906 bits per heavy atom. The van der Waals surface area contributed by atoms with Crippen LogP contribution in [0.4, 0.5) is 4.79 Å². The van der Waals surface area contributed by atoms with Crippen LogP contribution in [0.2, 0.25) is 0 Å². The molecule has 2 atom stereocenters. The fourth-order valence-corrected chi connectivity index (χ4v) is 2.60. The maximum atomic E-state index is 11.6. The number of nitrogens with two attached hydrogens (primary N) is 1. The molecule has 5 N–H and O–H groups in total. The summed E-state index contributed by atoms with van der Waals surface area (Å²) < 4.78 is 5.04. The summed E-state index contributed by atoms with van der Waals surface area (Å²) in [6.45, 7) is 6.68. The molecular formula is C24H32N2O6. The molecule has 0 bridgehead atoms. The Morgan fingerprint density at radius 2 is 1.38 bits per heavy atom. The number of carbonyl (C=O) groups excluding carboxylic acids is 1. The van der Waals surface area contributed by atoms with Crippen molar-refractivity contribution in [1.82, 2.24) is 5.32 Å². The Kier molecular flexibility index (Phi) is 9.87. The lowest BCUT2D eigenvalue weighted by Gasteiger charge is -2.22. The van der Waals surface area contributed by atoms with Gasteiger partial charge in [-0.3, -0.25) is 4.79 Å². The van der Waals surface area contributed by atoms with Crippen molar-refractivity contribution < 1.29 is 29.3 Å². The molecule has 0 fully saturated rings. The third-order valence-electron chi connectivity index (χ3n) is 4.17. The van der Waals surface area contributed by atoms with E-state index in [0.717, 1.165) is 11.1 Å². The molecule has 1 amide bonds. The Labute approximate surface area is 188 Å². The van der Waals surface area contributed by atoms with Gasteiger partial charge in [0.05, 0.1) is 0 Å². The van der Waals surface area contributed by atoms with Crippen LogP contribution in [0, 0.1) is 0 Å². The normalized spacial score (nSPS) is 13.5. The smallest absolute Gasteiger partial charge is 0.408 e. The number of ether oxygens (including phenoxy) is 1. The number of alkyl carbamates (subject to hydrolysis) is 1.